The van der Waals surface area contributed by atoms with E-state index in [1.54, 1.807) is 0 Å². The minimum Gasteiger partial charge on any atom is -0.376 e. The maximum atomic E-state index is 2.64. The lowest BCUT2D eigenvalue weighted by molar-refractivity contribution is 1.17. The first kappa shape index (κ1) is 26.4. The van der Waals surface area contributed by atoms with Crippen molar-refractivity contribution in [1.29, 1.82) is 0 Å². The number of hydrogen-bond acceptors (Lipinski definition) is 3. The Labute approximate surface area is 284 Å². The molecule has 3 aliphatic heterocycles. The SMILES string of the molecule is c1ccc(-c2ccc(N3B4c5cccc6c5N(c5ccccc5S6)c5cc6ccccc6c(c54)-c4ccc5ccccc5c43)cc2)cc1. The van der Waals surface area contributed by atoms with Crippen LogP contribution in [-0.2, 0) is 0 Å². The Morgan fingerprint density at radius 3 is 2.06 bits per heavy atom. The molecule has 0 fully saturated rings. The van der Waals surface area contributed by atoms with Gasteiger partial charge in [-0.15, -0.1) is 0 Å². The van der Waals surface area contributed by atoms with E-state index in [0.717, 1.165) is 0 Å². The van der Waals surface area contributed by atoms with Crippen LogP contribution in [0, 0.1) is 0 Å². The van der Waals surface area contributed by atoms with Crippen molar-refractivity contribution in [2.45, 2.75) is 9.79 Å². The van der Waals surface area contributed by atoms with Crippen LogP contribution in [0.3, 0.4) is 0 Å². The van der Waals surface area contributed by atoms with E-state index in [1.165, 1.54) is 93.0 Å². The van der Waals surface area contributed by atoms with Crippen molar-refractivity contribution in [3.8, 4) is 22.3 Å². The number of rotatable bonds is 2. The van der Waals surface area contributed by atoms with Gasteiger partial charge in [-0.2, -0.15) is 0 Å². The molecule has 0 saturated carbocycles. The van der Waals surface area contributed by atoms with Gasteiger partial charge < -0.3 is 9.71 Å². The van der Waals surface area contributed by atoms with Gasteiger partial charge in [0, 0.05) is 37.8 Å². The molecule has 0 aliphatic carbocycles. The number of hydrogen-bond donors (Lipinski definition) is 0. The fraction of sp³-hybridized carbons (Fsp3) is 0. The highest BCUT2D eigenvalue weighted by atomic mass is 32.2. The quantitative estimate of drug-likeness (QED) is 0.176. The van der Waals surface area contributed by atoms with Crippen LogP contribution in [0.1, 0.15) is 0 Å². The van der Waals surface area contributed by atoms with E-state index in [2.05, 4.69) is 174 Å². The molecule has 48 heavy (non-hydrogen) atoms. The largest absolute Gasteiger partial charge is 0.376 e. The summed E-state index contributed by atoms with van der Waals surface area (Å²) in [4.78, 5) is 7.79. The maximum Gasteiger partial charge on any atom is 0.333 e. The van der Waals surface area contributed by atoms with Crippen molar-refractivity contribution in [1.82, 2.24) is 0 Å². The zero-order valence-electron chi connectivity index (χ0n) is 26.0. The van der Waals surface area contributed by atoms with Crippen LogP contribution in [-0.4, -0.2) is 6.85 Å². The molecule has 0 atom stereocenters. The highest BCUT2D eigenvalue weighted by Crippen LogP contribution is 2.56. The lowest BCUT2D eigenvalue weighted by Gasteiger charge is -2.48. The molecule has 4 heteroatoms. The first-order valence-electron chi connectivity index (χ1n) is 16.6. The highest BCUT2D eigenvalue weighted by Gasteiger charge is 2.47. The Kier molecular flexibility index (Phi) is 5.44. The summed E-state index contributed by atoms with van der Waals surface area (Å²) in [5.74, 6) is 0. The van der Waals surface area contributed by atoms with Crippen molar-refractivity contribution in [2.24, 2.45) is 0 Å². The molecule has 222 valence electrons. The number of nitrogens with zero attached hydrogens (tertiary/aromatic N) is 2. The molecule has 0 spiro atoms. The molecular formula is C44H27BN2S. The summed E-state index contributed by atoms with van der Waals surface area (Å²) in [7, 11) is 0. The number of para-hydroxylation sites is 2. The Balaban J connectivity index is 1.28. The van der Waals surface area contributed by atoms with Gasteiger partial charge in [-0.05, 0) is 80.2 Å². The van der Waals surface area contributed by atoms with Crippen molar-refractivity contribution in [3.05, 3.63) is 164 Å². The third kappa shape index (κ3) is 3.55. The van der Waals surface area contributed by atoms with E-state index in [4.69, 9.17) is 0 Å². The minimum atomic E-state index is -0.0162. The second kappa shape index (κ2) is 9.90. The summed E-state index contributed by atoms with van der Waals surface area (Å²) in [5, 5.41) is 5.09. The third-order valence-electron chi connectivity index (χ3n) is 10.4. The van der Waals surface area contributed by atoms with E-state index in [0.29, 0.717) is 0 Å². The van der Waals surface area contributed by atoms with Crippen LogP contribution < -0.4 is 20.6 Å². The molecular weight excluding hydrogens is 599 g/mol. The molecule has 3 heterocycles. The van der Waals surface area contributed by atoms with Gasteiger partial charge in [-0.25, -0.2) is 0 Å². The maximum absolute atomic E-state index is 2.64. The molecule has 8 aromatic rings. The van der Waals surface area contributed by atoms with E-state index in [-0.39, 0.29) is 6.85 Å². The molecule has 0 aromatic heterocycles. The van der Waals surface area contributed by atoms with Gasteiger partial charge in [-0.1, -0.05) is 139 Å². The molecule has 3 aliphatic rings. The average molecular weight is 627 g/mol. The molecule has 0 radical (unpaired) electrons. The van der Waals surface area contributed by atoms with Gasteiger partial charge >= 0.3 is 6.85 Å². The molecule has 0 unspecified atom stereocenters. The van der Waals surface area contributed by atoms with Crippen LogP contribution in [0.4, 0.5) is 28.4 Å². The Morgan fingerprint density at radius 1 is 0.479 bits per heavy atom. The van der Waals surface area contributed by atoms with Crippen LogP contribution >= 0.6 is 11.8 Å². The summed E-state index contributed by atoms with van der Waals surface area (Å²) in [6.45, 7) is -0.0162. The third-order valence-corrected chi connectivity index (χ3v) is 11.5. The number of benzene rings is 8. The fourth-order valence-corrected chi connectivity index (χ4v) is 9.49. The van der Waals surface area contributed by atoms with Gasteiger partial charge in [0.25, 0.3) is 0 Å². The smallest absolute Gasteiger partial charge is 0.333 e. The molecule has 11 rings (SSSR count). The minimum absolute atomic E-state index is 0.0162. The summed E-state index contributed by atoms with van der Waals surface area (Å²) >= 11 is 1.89. The number of fused-ring (bicyclic) bond motifs is 10. The normalized spacial score (nSPS) is 13.6. The highest BCUT2D eigenvalue weighted by molar-refractivity contribution is 7.99. The van der Waals surface area contributed by atoms with Crippen LogP contribution in [0.15, 0.2) is 174 Å². The number of anilines is 5. The summed E-state index contributed by atoms with van der Waals surface area (Å²) in [6.07, 6.45) is 0. The summed E-state index contributed by atoms with van der Waals surface area (Å²) in [6, 6.07) is 60.7. The monoisotopic (exact) mass is 626 g/mol. The zero-order valence-corrected chi connectivity index (χ0v) is 26.8. The Hall–Kier alpha value is -5.71. The molecule has 8 aromatic carbocycles. The van der Waals surface area contributed by atoms with Gasteiger partial charge in [0.15, 0.2) is 0 Å². The van der Waals surface area contributed by atoms with Crippen LogP contribution in [0.2, 0.25) is 0 Å². The standard InChI is InChI=1S/C44H27BN2S/c1-2-11-28(12-3-1)29-21-24-32(25-22-29)47-43-34-16-7-4-13-30(34)23-26-35(43)41-33-15-6-5-14-31(33)27-38-42(41)45(47)36-17-10-20-40-44(36)46(38)37-18-8-9-19-39(37)48-40/h1-27H. The van der Waals surface area contributed by atoms with E-state index < -0.39 is 0 Å². The van der Waals surface area contributed by atoms with Crippen LogP contribution in [0.25, 0.3) is 43.8 Å². The van der Waals surface area contributed by atoms with Gasteiger partial charge in [-0.3, -0.25) is 0 Å². The predicted octanol–water partition coefficient (Wildman–Crippen LogP) is 10.8. The van der Waals surface area contributed by atoms with Crippen molar-refractivity contribution >= 4 is 79.5 Å². The van der Waals surface area contributed by atoms with Gasteiger partial charge in [0.05, 0.1) is 11.4 Å². The molecule has 0 bridgehead atoms. The first-order chi connectivity index (χ1) is 23.8. The second-order valence-electron chi connectivity index (χ2n) is 12.9. The molecule has 0 amide bonds. The van der Waals surface area contributed by atoms with E-state index in [9.17, 15) is 0 Å². The van der Waals surface area contributed by atoms with Crippen molar-refractivity contribution in [3.63, 3.8) is 0 Å². The predicted molar refractivity (Wildman–Crippen MR) is 205 cm³/mol. The van der Waals surface area contributed by atoms with Gasteiger partial charge in [0.1, 0.15) is 0 Å². The van der Waals surface area contributed by atoms with E-state index >= 15 is 0 Å². The first-order valence-corrected chi connectivity index (χ1v) is 17.4. The summed E-state index contributed by atoms with van der Waals surface area (Å²) in [5.41, 5.74) is 14.1. The van der Waals surface area contributed by atoms with E-state index in [1.807, 2.05) is 11.8 Å². The van der Waals surface area contributed by atoms with Crippen molar-refractivity contribution < 1.29 is 0 Å². The molecule has 0 saturated heterocycles. The average Bonchev–Trinajstić information content (AvgIpc) is 3.16. The van der Waals surface area contributed by atoms with Gasteiger partial charge in [0.2, 0.25) is 0 Å². The Morgan fingerprint density at radius 2 is 1.19 bits per heavy atom. The molecule has 2 nitrogen and oxygen atoms in total. The summed E-state index contributed by atoms with van der Waals surface area (Å²) < 4.78 is 0. The lowest BCUT2D eigenvalue weighted by Crippen LogP contribution is -2.62. The lowest BCUT2D eigenvalue weighted by atomic mass is 9.43. The molecule has 0 N–H and O–H groups in total. The van der Waals surface area contributed by atoms with Crippen LogP contribution in [0.5, 0.6) is 0 Å². The van der Waals surface area contributed by atoms with Crippen molar-refractivity contribution in [2.75, 3.05) is 9.71 Å². The Bertz CT molecular complexity index is 2610. The second-order valence-corrected chi connectivity index (χ2v) is 14.0. The fourth-order valence-electron chi connectivity index (χ4n) is 8.39. The topological polar surface area (TPSA) is 6.48 Å². The zero-order chi connectivity index (χ0) is 31.3.